The number of halogens is 1. The molecular weight excluding hydrogens is 376 g/mol. The number of oxazole rings is 1. The maximum absolute atomic E-state index is 12.1. The first-order valence-corrected chi connectivity index (χ1v) is 9.27. The number of rotatable bonds is 6. The van der Waals surface area contributed by atoms with E-state index < -0.39 is 0 Å². The van der Waals surface area contributed by atoms with E-state index in [2.05, 4.69) is 9.97 Å². The molecule has 0 unspecified atom stereocenters. The van der Waals surface area contributed by atoms with Crippen LogP contribution in [0.3, 0.4) is 0 Å². The van der Waals surface area contributed by atoms with Crippen LogP contribution in [0.4, 0.5) is 0 Å². The number of benzene rings is 2. The zero-order valence-corrected chi connectivity index (χ0v) is 15.7. The number of para-hydroxylation sites is 1. The van der Waals surface area contributed by atoms with Gasteiger partial charge in [0.15, 0.2) is 11.7 Å². The van der Waals surface area contributed by atoms with Crippen LogP contribution in [0.1, 0.15) is 17.9 Å². The highest BCUT2D eigenvalue weighted by atomic mass is 35.5. The highest BCUT2D eigenvalue weighted by Crippen LogP contribution is 2.22. The number of aryl methyl sites for hydroxylation is 1. The summed E-state index contributed by atoms with van der Waals surface area (Å²) >= 11 is 6.19. The van der Waals surface area contributed by atoms with Crippen molar-refractivity contribution in [1.29, 1.82) is 0 Å². The lowest BCUT2D eigenvalue weighted by Gasteiger charge is -2.07. The highest BCUT2D eigenvalue weighted by Gasteiger charge is 2.11. The second kappa shape index (κ2) is 8.23. The van der Waals surface area contributed by atoms with Gasteiger partial charge >= 0.3 is 5.97 Å². The van der Waals surface area contributed by atoms with Gasteiger partial charge in [0.1, 0.15) is 11.8 Å². The topological polar surface area (TPSA) is 65.2 Å². The predicted molar refractivity (Wildman–Crippen MR) is 107 cm³/mol. The number of pyridine rings is 1. The van der Waals surface area contributed by atoms with Crippen molar-refractivity contribution in [2.24, 2.45) is 0 Å². The fraction of sp³-hybridized carbons (Fsp3) is 0.136. The Hall–Kier alpha value is -3.18. The Balaban J connectivity index is 1.33. The number of esters is 1. The lowest BCUT2D eigenvalue weighted by atomic mass is 10.2. The van der Waals surface area contributed by atoms with Crippen molar-refractivity contribution >= 4 is 28.5 Å². The Kier molecular flexibility index (Phi) is 5.35. The number of hydrogen-bond acceptors (Lipinski definition) is 5. The van der Waals surface area contributed by atoms with Crippen LogP contribution < -0.4 is 0 Å². The van der Waals surface area contributed by atoms with Crippen LogP contribution in [-0.4, -0.2) is 15.9 Å². The normalized spacial score (nSPS) is 10.9. The van der Waals surface area contributed by atoms with Crippen LogP contribution in [0.2, 0.25) is 5.15 Å². The van der Waals surface area contributed by atoms with E-state index in [0.717, 1.165) is 16.5 Å². The summed E-state index contributed by atoms with van der Waals surface area (Å²) < 4.78 is 11.0. The molecule has 2 aromatic heterocycles. The molecule has 6 heteroatoms. The number of carbonyl (C=O) groups excluding carboxylic acids is 1. The number of aromatic nitrogens is 2. The summed E-state index contributed by atoms with van der Waals surface area (Å²) in [6, 6.07) is 19.2. The van der Waals surface area contributed by atoms with E-state index in [0.29, 0.717) is 28.8 Å². The van der Waals surface area contributed by atoms with E-state index in [4.69, 9.17) is 20.8 Å². The first kappa shape index (κ1) is 18.2. The number of nitrogens with zero attached hydrogens (tertiary/aromatic N) is 2. The van der Waals surface area contributed by atoms with Crippen LogP contribution in [0.25, 0.3) is 22.2 Å². The van der Waals surface area contributed by atoms with Gasteiger partial charge in [0.25, 0.3) is 0 Å². The zero-order chi connectivity index (χ0) is 19.3. The van der Waals surface area contributed by atoms with E-state index in [1.165, 1.54) is 0 Å². The fourth-order valence-electron chi connectivity index (χ4n) is 2.84. The molecule has 0 saturated carbocycles. The third-order valence-corrected chi connectivity index (χ3v) is 4.62. The molecule has 0 aliphatic rings. The molecular formula is C22H17ClN2O3. The molecule has 4 aromatic rings. The van der Waals surface area contributed by atoms with Gasteiger partial charge in [-0.25, -0.2) is 9.97 Å². The first-order valence-electron chi connectivity index (χ1n) is 8.89. The summed E-state index contributed by atoms with van der Waals surface area (Å²) in [4.78, 5) is 20.6. The molecule has 140 valence electrons. The summed E-state index contributed by atoms with van der Waals surface area (Å²) in [7, 11) is 0. The molecule has 4 rings (SSSR count). The molecule has 0 amide bonds. The number of carbonyl (C=O) groups is 1. The largest absolute Gasteiger partial charge is 0.461 e. The maximum Gasteiger partial charge on any atom is 0.306 e. The smallest absolute Gasteiger partial charge is 0.306 e. The lowest BCUT2D eigenvalue weighted by Crippen LogP contribution is -2.06. The Bertz CT molecular complexity index is 1110. The standard InChI is InChI=1S/C22H17ClN2O3/c23-22-17(12-16-8-4-5-9-18(16)25-22)14-27-21(26)11-10-20-24-13-19(28-20)15-6-2-1-3-7-15/h1-9,12-13H,10-11,14H2. The van der Waals surface area contributed by atoms with E-state index in [1.54, 1.807) is 6.20 Å². The van der Waals surface area contributed by atoms with Crippen molar-refractivity contribution in [2.75, 3.05) is 0 Å². The van der Waals surface area contributed by atoms with E-state index in [9.17, 15) is 4.79 Å². The Morgan fingerprint density at radius 3 is 2.71 bits per heavy atom. The summed E-state index contributed by atoms with van der Waals surface area (Å²) in [6.07, 6.45) is 2.21. The van der Waals surface area contributed by atoms with Crippen molar-refractivity contribution in [3.8, 4) is 11.3 Å². The fourth-order valence-corrected chi connectivity index (χ4v) is 3.04. The van der Waals surface area contributed by atoms with E-state index >= 15 is 0 Å². The van der Waals surface area contributed by atoms with Gasteiger partial charge in [-0.3, -0.25) is 4.79 Å². The molecule has 0 radical (unpaired) electrons. The Morgan fingerprint density at radius 2 is 1.86 bits per heavy atom. The molecule has 0 atom stereocenters. The van der Waals surface area contributed by atoms with Crippen LogP contribution in [0.5, 0.6) is 0 Å². The van der Waals surface area contributed by atoms with Crippen molar-refractivity contribution in [1.82, 2.24) is 9.97 Å². The van der Waals surface area contributed by atoms with Crippen LogP contribution in [-0.2, 0) is 22.6 Å². The molecule has 0 aliphatic heterocycles. The van der Waals surface area contributed by atoms with Crippen LogP contribution in [0, 0.1) is 0 Å². The molecule has 28 heavy (non-hydrogen) atoms. The van der Waals surface area contributed by atoms with Crippen molar-refractivity contribution in [3.63, 3.8) is 0 Å². The second-order valence-electron chi connectivity index (χ2n) is 6.28. The Labute approximate surface area is 166 Å². The molecule has 0 N–H and O–H groups in total. The van der Waals surface area contributed by atoms with Gasteiger partial charge in [0.2, 0.25) is 0 Å². The predicted octanol–water partition coefficient (Wildman–Crippen LogP) is 5.22. The number of ether oxygens (including phenoxy) is 1. The van der Waals surface area contributed by atoms with Gasteiger partial charge in [-0.2, -0.15) is 0 Å². The average molecular weight is 393 g/mol. The second-order valence-corrected chi connectivity index (χ2v) is 6.63. The van der Waals surface area contributed by atoms with Crippen LogP contribution >= 0.6 is 11.6 Å². The van der Waals surface area contributed by atoms with Crippen molar-refractivity contribution in [2.45, 2.75) is 19.4 Å². The first-order chi connectivity index (χ1) is 13.7. The van der Waals surface area contributed by atoms with Crippen molar-refractivity contribution in [3.05, 3.63) is 83.5 Å². The summed E-state index contributed by atoms with van der Waals surface area (Å²) in [5.74, 6) is 0.836. The molecule has 0 bridgehead atoms. The van der Waals surface area contributed by atoms with Gasteiger partial charge in [0, 0.05) is 22.9 Å². The Morgan fingerprint density at radius 1 is 1.07 bits per heavy atom. The minimum absolute atomic E-state index is 0.0797. The number of fused-ring (bicyclic) bond motifs is 1. The minimum Gasteiger partial charge on any atom is -0.461 e. The summed E-state index contributed by atoms with van der Waals surface area (Å²) in [6.45, 7) is 0.0797. The average Bonchev–Trinajstić information content (AvgIpc) is 3.20. The monoisotopic (exact) mass is 392 g/mol. The molecule has 0 fully saturated rings. The van der Waals surface area contributed by atoms with E-state index in [-0.39, 0.29) is 19.0 Å². The van der Waals surface area contributed by atoms with Crippen LogP contribution in [0.15, 0.2) is 71.3 Å². The minimum atomic E-state index is -0.344. The molecule has 0 spiro atoms. The lowest BCUT2D eigenvalue weighted by molar-refractivity contribution is -0.145. The molecule has 2 heterocycles. The van der Waals surface area contributed by atoms with Gasteiger partial charge in [-0.1, -0.05) is 60.1 Å². The third-order valence-electron chi connectivity index (χ3n) is 4.29. The van der Waals surface area contributed by atoms with Gasteiger partial charge < -0.3 is 9.15 Å². The highest BCUT2D eigenvalue weighted by molar-refractivity contribution is 6.30. The summed E-state index contributed by atoms with van der Waals surface area (Å²) in [5.41, 5.74) is 2.43. The molecule has 0 saturated heterocycles. The molecule has 5 nitrogen and oxygen atoms in total. The zero-order valence-electron chi connectivity index (χ0n) is 15.0. The van der Waals surface area contributed by atoms with Gasteiger partial charge in [0.05, 0.1) is 18.1 Å². The summed E-state index contributed by atoms with van der Waals surface area (Å²) in [5, 5.41) is 1.29. The van der Waals surface area contributed by atoms with Crippen molar-refractivity contribution < 1.29 is 13.9 Å². The number of hydrogen-bond donors (Lipinski definition) is 0. The van der Waals surface area contributed by atoms with Gasteiger partial charge in [-0.05, 0) is 12.1 Å². The third kappa shape index (κ3) is 4.21. The van der Waals surface area contributed by atoms with Gasteiger partial charge in [-0.15, -0.1) is 0 Å². The molecule has 2 aromatic carbocycles. The maximum atomic E-state index is 12.1. The SMILES string of the molecule is O=C(CCc1ncc(-c2ccccc2)o1)OCc1cc2ccccc2nc1Cl. The quantitative estimate of drug-likeness (QED) is 0.332. The van der Waals surface area contributed by atoms with E-state index in [1.807, 2.05) is 60.7 Å². The molecule has 0 aliphatic carbocycles.